The van der Waals surface area contributed by atoms with Crippen LogP contribution in [0.3, 0.4) is 0 Å². The van der Waals surface area contributed by atoms with E-state index in [-0.39, 0.29) is 24.0 Å². The van der Waals surface area contributed by atoms with E-state index in [1.807, 2.05) is 0 Å². The van der Waals surface area contributed by atoms with Crippen LogP contribution in [0, 0.1) is 5.92 Å². The van der Waals surface area contributed by atoms with Gasteiger partial charge in [0.25, 0.3) is 0 Å². The van der Waals surface area contributed by atoms with Gasteiger partial charge in [0.1, 0.15) is 0 Å². The third kappa shape index (κ3) is 4.00. The molecule has 5 heteroatoms. The summed E-state index contributed by atoms with van der Waals surface area (Å²) in [4.78, 5) is 4.78. The Bertz CT molecular complexity index is 331. The first-order chi connectivity index (χ1) is 9.35. The normalized spacial score (nSPS) is 33.2. The number of hydrogen-bond acceptors (Lipinski definition) is 2. The summed E-state index contributed by atoms with van der Waals surface area (Å²) in [5.41, 5.74) is 0. The zero-order chi connectivity index (χ0) is 13.1. The highest BCUT2D eigenvalue weighted by atomic mass is 127. The van der Waals surface area contributed by atoms with Crippen molar-refractivity contribution in [2.75, 3.05) is 13.1 Å². The molecule has 0 spiro atoms. The summed E-state index contributed by atoms with van der Waals surface area (Å²) in [7, 11) is 0. The van der Waals surface area contributed by atoms with Crippen LogP contribution in [0.4, 0.5) is 0 Å². The minimum atomic E-state index is 0. The second kappa shape index (κ2) is 7.82. The maximum absolute atomic E-state index is 5.90. The van der Waals surface area contributed by atoms with Gasteiger partial charge in [-0.25, -0.2) is 0 Å². The lowest BCUT2D eigenvalue weighted by Gasteiger charge is -2.23. The topological polar surface area (TPSA) is 45.7 Å². The predicted molar refractivity (Wildman–Crippen MR) is 92.8 cm³/mol. The second-order valence-corrected chi connectivity index (χ2v) is 6.23. The van der Waals surface area contributed by atoms with Crippen LogP contribution in [0.2, 0.25) is 0 Å². The molecule has 2 saturated heterocycles. The van der Waals surface area contributed by atoms with Gasteiger partial charge < -0.3 is 15.4 Å². The molecule has 2 heterocycles. The van der Waals surface area contributed by atoms with Crippen molar-refractivity contribution in [2.45, 2.75) is 70.1 Å². The van der Waals surface area contributed by atoms with Gasteiger partial charge >= 0.3 is 0 Å². The smallest absolute Gasteiger partial charge is 0.191 e. The van der Waals surface area contributed by atoms with E-state index >= 15 is 0 Å². The van der Waals surface area contributed by atoms with Crippen LogP contribution in [0.5, 0.6) is 0 Å². The molecule has 0 aromatic carbocycles. The Kier molecular flexibility index (Phi) is 6.39. The molecule has 2 bridgehead atoms. The molecule has 0 amide bonds. The Morgan fingerprint density at radius 2 is 2.00 bits per heavy atom. The summed E-state index contributed by atoms with van der Waals surface area (Å²) in [5.74, 6) is 1.81. The number of hydrogen-bond donors (Lipinski definition) is 2. The van der Waals surface area contributed by atoms with E-state index in [2.05, 4.69) is 17.6 Å². The number of ether oxygens (including phenoxy) is 1. The van der Waals surface area contributed by atoms with Gasteiger partial charge in [-0.3, -0.25) is 4.99 Å². The minimum absolute atomic E-state index is 0. The molecule has 1 saturated carbocycles. The molecule has 0 aromatic heterocycles. The van der Waals surface area contributed by atoms with Gasteiger partial charge in [0.15, 0.2) is 5.96 Å². The fraction of sp³-hybridized carbons (Fsp3) is 0.933. The van der Waals surface area contributed by atoms with Gasteiger partial charge in [0.2, 0.25) is 0 Å². The molecule has 2 aliphatic heterocycles. The van der Waals surface area contributed by atoms with Crippen LogP contribution in [-0.2, 0) is 4.74 Å². The summed E-state index contributed by atoms with van der Waals surface area (Å²) in [6.07, 6.45) is 10.0. The number of nitrogens with zero attached hydrogens (tertiary/aromatic N) is 1. The van der Waals surface area contributed by atoms with Crippen LogP contribution in [-0.4, -0.2) is 37.3 Å². The van der Waals surface area contributed by atoms with Crippen LogP contribution >= 0.6 is 24.0 Å². The van der Waals surface area contributed by atoms with E-state index in [0.717, 1.165) is 31.4 Å². The number of rotatable bonds is 4. The van der Waals surface area contributed by atoms with E-state index in [1.54, 1.807) is 0 Å². The van der Waals surface area contributed by atoms with Gasteiger partial charge in [0.05, 0.1) is 18.2 Å². The molecule has 3 rings (SSSR count). The third-order valence-corrected chi connectivity index (χ3v) is 4.75. The average molecular weight is 393 g/mol. The lowest BCUT2D eigenvalue weighted by molar-refractivity contribution is 0.0992. The Labute approximate surface area is 139 Å². The van der Waals surface area contributed by atoms with Crippen molar-refractivity contribution in [3.8, 4) is 0 Å². The van der Waals surface area contributed by atoms with Gasteiger partial charge in [0, 0.05) is 13.1 Å². The van der Waals surface area contributed by atoms with Gasteiger partial charge in [-0.1, -0.05) is 12.8 Å². The summed E-state index contributed by atoms with van der Waals surface area (Å²) >= 11 is 0. The number of aliphatic imine (C=N–C) groups is 1. The van der Waals surface area contributed by atoms with E-state index in [1.165, 1.54) is 38.5 Å². The first-order valence-corrected chi connectivity index (χ1v) is 8.05. The van der Waals surface area contributed by atoms with Crippen LogP contribution in [0.1, 0.15) is 51.9 Å². The average Bonchev–Trinajstić information content (AvgIpc) is 3.13. The van der Waals surface area contributed by atoms with Crippen molar-refractivity contribution in [1.82, 2.24) is 10.6 Å². The highest BCUT2D eigenvalue weighted by Gasteiger charge is 2.41. The van der Waals surface area contributed by atoms with E-state index < -0.39 is 0 Å². The number of nitrogens with one attached hydrogen (secondary N) is 2. The van der Waals surface area contributed by atoms with Crippen molar-refractivity contribution >= 4 is 29.9 Å². The highest BCUT2D eigenvalue weighted by Crippen LogP contribution is 2.34. The van der Waals surface area contributed by atoms with E-state index in [9.17, 15) is 0 Å². The summed E-state index contributed by atoms with van der Waals surface area (Å²) in [6.45, 7) is 4.04. The molecule has 4 nitrogen and oxygen atoms in total. The second-order valence-electron chi connectivity index (χ2n) is 6.23. The molecule has 20 heavy (non-hydrogen) atoms. The molecule has 3 fully saturated rings. The molecule has 3 unspecified atom stereocenters. The molecule has 1 aliphatic carbocycles. The van der Waals surface area contributed by atoms with Crippen molar-refractivity contribution in [3.05, 3.63) is 0 Å². The Hall–Kier alpha value is -0.0400. The molecule has 0 aromatic rings. The van der Waals surface area contributed by atoms with Gasteiger partial charge in [-0.05, 0) is 44.9 Å². The van der Waals surface area contributed by atoms with Crippen molar-refractivity contribution < 1.29 is 4.74 Å². The lowest BCUT2D eigenvalue weighted by Crippen LogP contribution is -2.47. The summed E-state index contributed by atoms with van der Waals surface area (Å²) in [5, 5.41) is 6.96. The van der Waals surface area contributed by atoms with Crippen molar-refractivity contribution in [1.29, 1.82) is 0 Å². The van der Waals surface area contributed by atoms with E-state index in [0.29, 0.717) is 18.2 Å². The zero-order valence-electron chi connectivity index (χ0n) is 12.4. The Balaban J connectivity index is 0.00000147. The van der Waals surface area contributed by atoms with Crippen LogP contribution in [0.25, 0.3) is 0 Å². The minimum Gasteiger partial charge on any atom is -0.373 e. The standard InChI is InChI=1S/C15H27N3O.HI/c1-2-16-15(17-10-11-5-3-4-6-11)18-13-9-12-7-8-14(13)19-12;/h11-14H,2-10H2,1H3,(H2,16,17,18);1H. The van der Waals surface area contributed by atoms with Crippen molar-refractivity contribution in [2.24, 2.45) is 10.9 Å². The molecular formula is C15H28IN3O. The first kappa shape index (κ1) is 16.3. The fourth-order valence-electron chi connectivity index (χ4n) is 3.70. The Morgan fingerprint density at radius 3 is 2.60 bits per heavy atom. The van der Waals surface area contributed by atoms with E-state index in [4.69, 9.17) is 9.73 Å². The highest BCUT2D eigenvalue weighted by molar-refractivity contribution is 14.0. The molecule has 0 radical (unpaired) electrons. The van der Waals surface area contributed by atoms with Gasteiger partial charge in [-0.15, -0.1) is 24.0 Å². The molecule has 3 atom stereocenters. The summed E-state index contributed by atoms with van der Waals surface area (Å²) < 4.78 is 5.90. The van der Waals surface area contributed by atoms with Crippen molar-refractivity contribution in [3.63, 3.8) is 0 Å². The SMILES string of the molecule is CCNC(=NCC1CCCC1)NC1CC2CCC1O2.I. The monoisotopic (exact) mass is 393 g/mol. The van der Waals surface area contributed by atoms with Gasteiger partial charge in [-0.2, -0.15) is 0 Å². The summed E-state index contributed by atoms with van der Waals surface area (Å²) in [6, 6.07) is 0.472. The zero-order valence-corrected chi connectivity index (χ0v) is 14.8. The number of fused-ring (bicyclic) bond motifs is 2. The molecule has 3 aliphatic rings. The largest absolute Gasteiger partial charge is 0.373 e. The molecule has 116 valence electrons. The maximum atomic E-state index is 5.90. The number of guanidine groups is 1. The lowest BCUT2D eigenvalue weighted by atomic mass is 9.96. The fourth-order valence-corrected chi connectivity index (χ4v) is 3.70. The van der Waals surface area contributed by atoms with Crippen LogP contribution in [0.15, 0.2) is 4.99 Å². The quantitative estimate of drug-likeness (QED) is 0.439. The first-order valence-electron chi connectivity index (χ1n) is 8.05. The Morgan fingerprint density at radius 1 is 1.20 bits per heavy atom. The third-order valence-electron chi connectivity index (χ3n) is 4.75. The molecular weight excluding hydrogens is 365 g/mol. The maximum Gasteiger partial charge on any atom is 0.191 e. The number of halogens is 1. The molecule has 2 N–H and O–H groups in total. The van der Waals surface area contributed by atoms with Crippen LogP contribution < -0.4 is 10.6 Å². The predicted octanol–water partition coefficient (Wildman–Crippen LogP) is 2.67.